The number of hydrogen-bond acceptors (Lipinski definition) is 5. The number of nitrogens with one attached hydrogen (secondary N) is 2. The number of carbonyl (C=O) groups excluding carboxylic acids is 2. The van der Waals surface area contributed by atoms with E-state index in [1.165, 1.54) is 6.08 Å². The standard InChI is InChI=1S/C25H29N3O4S/c1-31-21-13-11-18(17-22(21)32-2)12-14-23(29)27-25(33)26-20-10-6-5-9-19(20)24(30)28-15-7-3-4-8-16-28/h5-6,9-14,17H,3-4,7-8,15-16H2,1-2H3,(H2,26,27,29,33)/b14-12+. The van der Waals surface area contributed by atoms with Gasteiger partial charge < -0.3 is 19.7 Å². The van der Waals surface area contributed by atoms with E-state index in [4.69, 9.17) is 21.7 Å². The number of para-hydroxylation sites is 1. The molecule has 1 aliphatic rings. The van der Waals surface area contributed by atoms with Gasteiger partial charge in [-0.3, -0.25) is 14.9 Å². The molecule has 0 aliphatic carbocycles. The highest BCUT2D eigenvalue weighted by atomic mass is 32.1. The fourth-order valence-electron chi connectivity index (χ4n) is 3.66. The molecule has 174 valence electrons. The van der Waals surface area contributed by atoms with Crippen molar-refractivity contribution in [3.63, 3.8) is 0 Å². The molecule has 2 N–H and O–H groups in total. The van der Waals surface area contributed by atoms with Crippen molar-refractivity contribution in [2.24, 2.45) is 0 Å². The molecule has 0 radical (unpaired) electrons. The van der Waals surface area contributed by atoms with Crippen LogP contribution in [0.3, 0.4) is 0 Å². The summed E-state index contributed by atoms with van der Waals surface area (Å²) in [5.41, 5.74) is 1.88. The quantitative estimate of drug-likeness (QED) is 0.489. The molecule has 33 heavy (non-hydrogen) atoms. The number of benzene rings is 2. The molecule has 2 amide bonds. The zero-order chi connectivity index (χ0) is 23.6. The van der Waals surface area contributed by atoms with E-state index < -0.39 is 5.91 Å². The van der Waals surface area contributed by atoms with Gasteiger partial charge >= 0.3 is 0 Å². The van der Waals surface area contributed by atoms with Crippen LogP contribution in [0.5, 0.6) is 11.5 Å². The van der Waals surface area contributed by atoms with Crippen LogP contribution in [0.4, 0.5) is 5.69 Å². The summed E-state index contributed by atoms with van der Waals surface area (Å²) in [7, 11) is 3.12. The summed E-state index contributed by atoms with van der Waals surface area (Å²) in [5.74, 6) is 0.766. The van der Waals surface area contributed by atoms with E-state index in [0.717, 1.165) is 44.3 Å². The first kappa shape index (κ1) is 24.3. The Kier molecular flexibility index (Phi) is 8.83. The van der Waals surface area contributed by atoms with Crippen molar-refractivity contribution in [1.82, 2.24) is 10.2 Å². The van der Waals surface area contributed by atoms with Crippen molar-refractivity contribution in [1.29, 1.82) is 0 Å². The third-order valence-corrected chi connectivity index (χ3v) is 5.57. The lowest BCUT2D eigenvalue weighted by molar-refractivity contribution is -0.115. The molecule has 8 heteroatoms. The predicted octanol–water partition coefficient (Wildman–Crippen LogP) is 4.25. The summed E-state index contributed by atoms with van der Waals surface area (Å²) < 4.78 is 10.5. The summed E-state index contributed by atoms with van der Waals surface area (Å²) in [6, 6.07) is 12.5. The molecule has 0 bridgehead atoms. The van der Waals surface area contributed by atoms with Gasteiger partial charge in [-0.25, -0.2) is 0 Å². The van der Waals surface area contributed by atoms with Gasteiger partial charge in [0.1, 0.15) is 0 Å². The highest BCUT2D eigenvalue weighted by Crippen LogP contribution is 2.28. The Morgan fingerprint density at radius 2 is 1.67 bits per heavy atom. The monoisotopic (exact) mass is 467 g/mol. The first-order valence-corrected chi connectivity index (χ1v) is 11.3. The maximum Gasteiger partial charge on any atom is 0.255 e. The maximum atomic E-state index is 13.1. The van der Waals surface area contributed by atoms with Gasteiger partial charge in [-0.2, -0.15) is 0 Å². The van der Waals surface area contributed by atoms with Crippen LogP contribution < -0.4 is 20.1 Å². The second kappa shape index (κ2) is 12.0. The van der Waals surface area contributed by atoms with Crippen molar-refractivity contribution in [2.45, 2.75) is 25.7 Å². The lowest BCUT2D eigenvalue weighted by atomic mass is 10.1. The minimum atomic E-state index is -0.390. The van der Waals surface area contributed by atoms with Gasteiger partial charge in [0.05, 0.1) is 25.5 Å². The molecular weight excluding hydrogens is 438 g/mol. The van der Waals surface area contributed by atoms with Gasteiger partial charge in [-0.05, 0) is 61.0 Å². The number of anilines is 1. The Morgan fingerprint density at radius 1 is 0.970 bits per heavy atom. The van der Waals surface area contributed by atoms with Crippen molar-refractivity contribution < 1.29 is 19.1 Å². The fourth-order valence-corrected chi connectivity index (χ4v) is 3.87. The number of rotatable bonds is 6. The SMILES string of the molecule is COc1ccc(/C=C/C(=O)NC(=S)Nc2ccccc2C(=O)N2CCCCCC2)cc1OC. The van der Waals surface area contributed by atoms with E-state index in [2.05, 4.69) is 10.6 Å². The molecule has 0 atom stereocenters. The molecule has 1 saturated heterocycles. The van der Waals surface area contributed by atoms with Crippen molar-refractivity contribution in [2.75, 3.05) is 32.6 Å². The largest absolute Gasteiger partial charge is 0.493 e. The van der Waals surface area contributed by atoms with Crippen LogP contribution in [0, 0.1) is 0 Å². The van der Waals surface area contributed by atoms with E-state index in [9.17, 15) is 9.59 Å². The summed E-state index contributed by atoms with van der Waals surface area (Å²) in [5, 5.41) is 5.73. The molecule has 2 aromatic rings. The van der Waals surface area contributed by atoms with Gasteiger partial charge in [0.25, 0.3) is 5.91 Å². The van der Waals surface area contributed by atoms with Crippen LogP contribution in [-0.4, -0.2) is 49.1 Å². The van der Waals surface area contributed by atoms with Crippen LogP contribution in [0.1, 0.15) is 41.6 Å². The highest BCUT2D eigenvalue weighted by Gasteiger charge is 2.20. The number of thiocarbonyl (C=S) groups is 1. The van der Waals surface area contributed by atoms with Crippen LogP contribution >= 0.6 is 12.2 Å². The summed E-state index contributed by atoms with van der Waals surface area (Å²) in [6.07, 6.45) is 7.36. The third kappa shape index (κ3) is 6.79. The average molecular weight is 468 g/mol. The van der Waals surface area contributed by atoms with E-state index in [1.54, 1.807) is 44.6 Å². The maximum absolute atomic E-state index is 13.1. The number of methoxy groups -OCH3 is 2. The molecule has 1 aliphatic heterocycles. The number of hydrogen-bond donors (Lipinski definition) is 2. The first-order valence-electron chi connectivity index (χ1n) is 10.9. The molecule has 0 spiro atoms. The molecule has 1 heterocycles. The topological polar surface area (TPSA) is 79.9 Å². The smallest absolute Gasteiger partial charge is 0.255 e. The Balaban J connectivity index is 1.62. The zero-order valence-corrected chi connectivity index (χ0v) is 19.7. The van der Waals surface area contributed by atoms with Crippen LogP contribution in [0.15, 0.2) is 48.5 Å². The zero-order valence-electron chi connectivity index (χ0n) is 18.9. The molecule has 7 nitrogen and oxygen atoms in total. The highest BCUT2D eigenvalue weighted by molar-refractivity contribution is 7.80. The average Bonchev–Trinajstić information content (AvgIpc) is 3.12. The first-order chi connectivity index (χ1) is 16.0. The Hall–Kier alpha value is -3.39. The lowest BCUT2D eigenvalue weighted by Gasteiger charge is -2.22. The number of ether oxygens (including phenoxy) is 2. The van der Waals surface area contributed by atoms with Crippen molar-refractivity contribution in [3.05, 3.63) is 59.7 Å². The second-order valence-corrected chi connectivity index (χ2v) is 8.05. The number of amides is 2. The van der Waals surface area contributed by atoms with Crippen molar-refractivity contribution >= 4 is 40.9 Å². The van der Waals surface area contributed by atoms with Crippen LogP contribution in [0.25, 0.3) is 6.08 Å². The van der Waals surface area contributed by atoms with Gasteiger partial charge in [0, 0.05) is 19.2 Å². The molecule has 0 unspecified atom stereocenters. The summed E-state index contributed by atoms with van der Waals surface area (Å²) >= 11 is 5.30. The number of nitrogens with zero attached hydrogens (tertiary/aromatic N) is 1. The van der Waals surface area contributed by atoms with Gasteiger partial charge in [0.15, 0.2) is 16.6 Å². The van der Waals surface area contributed by atoms with Gasteiger partial charge in [-0.1, -0.05) is 31.0 Å². The van der Waals surface area contributed by atoms with E-state index >= 15 is 0 Å². The Labute approximate surface area is 199 Å². The second-order valence-electron chi connectivity index (χ2n) is 7.64. The molecule has 0 saturated carbocycles. The minimum Gasteiger partial charge on any atom is -0.493 e. The molecule has 1 fully saturated rings. The molecular formula is C25H29N3O4S. The summed E-state index contributed by atoms with van der Waals surface area (Å²) in [6.45, 7) is 1.52. The van der Waals surface area contributed by atoms with Crippen LogP contribution in [-0.2, 0) is 4.79 Å². The van der Waals surface area contributed by atoms with Crippen LogP contribution in [0.2, 0.25) is 0 Å². The lowest BCUT2D eigenvalue weighted by Crippen LogP contribution is -2.35. The number of carbonyl (C=O) groups is 2. The van der Waals surface area contributed by atoms with E-state index in [1.807, 2.05) is 23.1 Å². The normalized spacial score (nSPS) is 13.8. The van der Waals surface area contributed by atoms with E-state index in [-0.39, 0.29) is 11.0 Å². The predicted molar refractivity (Wildman–Crippen MR) is 134 cm³/mol. The number of likely N-dealkylation sites (tertiary alicyclic amines) is 1. The van der Waals surface area contributed by atoms with Gasteiger partial charge in [0.2, 0.25) is 5.91 Å². The summed E-state index contributed by atoms with van der Waals surface area (Å²) in [4.78, 5) is 27.3. The molecule has 2 aromatic carbocycles. The van der Waals surface area contributed by atoms with Crippen molar-refractivity contribution in [3.8, 4) is 11.5 Å². The third-order valence-electron chi connectivity index (χ3n) is 5.37. The fraction of sp³-hybridized carbons (Fsp3) is 0.320. The minimum absolute atomic E-state index is 0.0255. The van der Waals surface area contributed by atoms with E-state index in [0.29, 0.717) is 22.7 Å². The molecule has 0 aromatic heterocycles. The van der Waals surface area contributed by atoms with Gasteiger partial charge in [-0.15, -0.1) is 0 Å². The Morgan fingerprint density at radius 3 is 2.36 bits per heavy atom. The molecule has 3 rings (SSSR count). The Bertz CT molecular complexity index is 1030.